The van der Waals surface area contributed by atoms with Crippen molar-refractivity contribution in [2.45, 2.75) is 25.8 Å². The standard InChI is InChI=1S/C20H22N6O3/c1-2-29-20(28)26-11-9-16(10-12-26)23-19(27)17-7-8-18(25-24-17)22-15-5-3-14(13-21)4-6-15/h3-8,16H,2,9-12H2,1H3,(H,22,25)(H,23,27). The molecule has 1 aromatic heterocycles. The highest BCUT2D eigenvalue weighted by molar-refractivity contribution is 5.92. The van der Waals surface area contributed by atoms with Crippen LogP contribution in [-0.4, -0.2) is 52.8 Å². The van der Waals surface area contributed by atoms with Crippen molar-refractivity contribution in [3.05, 3.63) is 47.7 Å². The Balaban J connectivity index is 1.50. The summed E-state index contributed by atoms with van der Waals surface area (Å²) in [5, 5.41) is 22.8. The Hall–Kier alpha value is -3.67. The molecule has 1 saturated heterocycles. The molecule has 29 heavy (non-hydrogen) atoms. The first-order valence-electron chi connectivity index (χ1n) is 9.42. The maximum absolute atomic E-state index is 12.4. The summed E-state index contributed by atoms with van der Waals surface area (Å²) in [6.07, 6.45) is 1.01. The summed E-state index contributed by atoms with van der Waals surface area (Å²) in [4.78, 5) is 25.8. The molecule has 0 unspecified atom stereocenters. The van der Waals surface area contributed by atoms with Crippen LogP contribution in [-0.2, 0) is 4.74 Å². The molecule has 0 atom stereocenters. The van der Waals surface area contributed by atoms with E-state index in [-0.39, 0.29) is 23.7 Å². The maximum Gasteiger partial charge on any atom is 0.409 e. The van der Waals surface area contributed by atoms with E-state index in [0.717, 1.165) is 5.69 Å². The fourth-order valence-corrected chi connectivity index (χ4v) is 2.98. The number of aromatic nitrogens is 2. The van der Waals surface area contributed by atoms with Crippen LogP contribution in [0.15, 0.2) is 36.4 Å². The molecule has 0 spiro atoms. The Morgan fingerprint density at radius 1 is 1.17 bits per heavy atom. The molecule has 0 aliphatic carbocycles. The molecular formula is C20H22N6O3. The van der Waals surface area contributed by atoms with Crippen molar-refractivity contribution in [2.75, 3.05) is 25.0 Å². The summed E-state index contributed by atoms with van der Waals surface area (Å²) in [7, 11) is 0. The first-order chi connectivity index (χ1) is 14.1. The highest BCUT2D eigenvalue weighted by Crippen LogP contribution is 2.15. The highest BCUT2D eigenvalue weighted by atomic mass is 16.6. The molecule has 2 amide bonds. The Kier molecular flexibility index (Phi) is 6.58. The predicted molar refractivity (Wildman–Crippen MR) is 106 cm³/mol. The second-order valence-corrected chi connectivity index (χ2v) is 6.55. The lowest BCUT2D eigenvalue weighted by atomic mass is 10.1. The molecule has 0 saturated carbocycles. The van der Waals surface area contributed by atoms with Gasteiger partial charge in [0.15, 0.2) is 11.5 Å². The van der Waals surface area contributed by atoms with E-state index >= 15 is 0 Å². The SMILES string of the molecule is CCOC(=O)N1CCC(NC(=O)c2ccc(Nc3ccc(C#N)cc3)nn2)CC1. The lowest BCUT2D eigenvalue weighted by Gasteiger charge is -2.31. The molecule has 3 rings (SSSR count). The van der Waals surface area contributed by atoms with Crippen molar-refractivity contribution in [3.8, 4) is 6.07 Å². The number of ether oxygens (including phenoxy) is 1. The Morgan fingerprint density at radius 2 is 1.90 bits per heavy atom. The zero-order valence-electron chi connectivity index (χ0n) is 16.1. The van der Waals surface area contributed by atoms with Crippen molar-refractivity contribution in [1.29, 1.82) is 5.26 Å². The summed E-state index contributed by atoms with van der Waals surface area (Å²) < 4.78 is 4.99. The van der Waals surface area contributed by atoms with Crippen molar-refractivity contribution < 1.29 is 14.3 Å². The fraction of sp³-hybridized carbons (Fsp3) is 0.350. The quantitative estimate of drug-likeness (QED) is 0.799. The van der Waals surface area contributed by atoms with E-state index in [1.54, 1.807) is 48.2 Å². The van der Waals surface area contributed by atoms with Gasteiger partial charge in [0.1, 0.15) is 0 Å². The number of amides is 2. The molecule has 0 radical (unpaired) electrons. The first kappa shape index (κ1) is 20.1. The smallest absolute Gasteiger partial charge is 0.409 e. The van der Waals surface area contributed by atoms with Gasteiger partial charge in [-0.2, -0.15) is 5.26 Å². The van der Waals surface area contributed by atoms with Gasteiger partial charge >= 0.3 is 6.09 Å². The number of anilines is 2. The molecule has 2 aromatic rings. The number of nitrogens with one attached hydrogen (secondary N) is 2. The monoisotopic (exact) mass is 394 g/mol. The fourth-order valence-electron chi connectivity index (χ4n) is 2.98. The van der Waals surface area contributed by atoms with Crippen LogP contribution in [0, 0.1) is 11.3 Å². The molecule has 150 valence electrons. The summed E-state index contributed by atoms with van der Waals surface area (Å²) in [5.41, 5.74) is 1.56. The third kappa shape index (κ3) is 5.42. The number of carbonyl (C=O) groups is 2. The van der Waals surface area contributed by atoms with Gasteiger partial charge in [0.05, 0.1) is 18.2 Å². The van der Waals surface area contributed by atoms with Crippen LogP contribution in [0.4, 0.5) is 16.3 Å². The molecule has 1 aliphatic heterocycles. The van der Waals surface area contributed by atoms with E-state index < -0.39 is 0 Å². The topological polar surface area (TPSA) is 120 Å². The largest absolute Gasteiger partial charge is 0.450 e. The van der Waals surface area contributed by atoms with Crippen LogP contribution >= 0.6 is 0 Å². The van der Waals surface area contributed by atoms with E-state index in [4.69, 9.17) is 10.00 Å². The van der Waals surface area contributed by atoms with E-state index in [0.29, 0.717) is 43.9 Å². The van der Waals surface area contributed by atoms with Gasteiger partial charge in [-0.25, -0.2) is 4.79 Å². The number of benzene rings is 1. The lowest BCUT2D eigenvalue weighted by molar-refractivity contribution is 0.0856. The Morgan fingerprint density at radius 3 is 2.48 bits per heavy atom. The van der Waals surface area contributed by atoms with Crippen molar-refractivity contribution in [1.82, 2.24) is 20.4 Å². The summed E-state index contributed by atoms with van der Waals surface area (Å²) >= 11 is 0. The van der Waals surface area contributed by atoms with Crippen LogP contribution in [0.3, 0.4) is 0 Å². The second kappa shape index (κ2) is 9.50. The lowest BCUT2D eigenvalue weighted by Crippen LogP contribution is -2.46. The van der Waals surface area contributed by atoms with Gasteiger partial charge in [-0.1, -0.05) is 0 Å². The van der Waals surface area contributed by atoms with E-state index in [1.807, 2.05) is 0 Å². The molecule has 1 aliphatic rings. The number of piperidine rings is 1. The van der Waals surface area contributed by atoms with Gasteiger partial charge in [-0.3, -0.25) is 4.79 Å². The zero-order valence-corrected chi connectivity index (χ0v) is 16.1. The number of hydrogen-bond acceptors (Lipinski definition) is 7. The minimum absolute atomic E-state index is 0.0218. The van der Waals surface area contributed by atoms with Crippen molar-refractivity contribution in [2.24, 2.45) is 0 Å². The van der Waals surface area contributed by atoms with Gasteiger partial charge in [0, 0.05) is 24.8 Å². The molecule has 1 aromatic carbocycles. The van der Waals surface area contributed by atoms with Crippen molar-refractivity contribution in [3.63, 3.8) is 0 Å². The number of hydrogen-bond donors (Lipinski definition) is 2. The van der Waals surface area contributed by atoms with Gasteiger partial charge in [0.2, 0.25) is 0 Å². The van der Waals surface area contributed by atoms with E-state index in [1.165, 1.54) is 0 Å². The highest BCUT2D eigenvalue weighted by Gasteiger charge is 2.25. The molecule has 0 bridgehead atoms. The second-order valence-electron chi connectivity index (χ2n) is 6.55. The maximum atomic E-state index is 12.4. The molecular weight excluding hydrogens is 372 g/mol. The number of carbonyl (C=O) groups excluding carboxylic acids is 2. The summed E-state index contributed by atoms with van der Waals surface area (Å²) in [6.45, 7) is 3.22. The van der Waals surface area contributed by atoms with Gasteiger partial charge in [-0.05, 0) is 56.2 Å². The van der Waals surface area contributed by atoms with Gasteiger partial charge < -0.3 is 20.3 Å². The van der Waals surface area contributed by atoms with Crippen LogP contribution in [0.25, 0.3) is 0 Å². The number of likely N-dealkylation sites (tertiary alicyclic amines) is 1. The normalized spacial score (nSPS) is 14.0. The van der Waals surface area contributed by atoms with E-state index in [2.05, 4.69) is 26.9 Å². The summed E-state index contributed by atoms with van der Waals surface area (Å²) in [6, 6.07) is 12.2. The van der Waals surface area contributed by atoms with Gasteiger partial charge in [-0.15, -0.1) is 10.2 Å². The zero-order chi connectivity index (χ0) is 20.6. The van der Waals surface area contributed by atoms with Crippen molar-refractivity contribution >= 4 is 23.5 Å². The Labute approximate surface area is 168 Å². The molecule has 2 heterocycles. The minimum atomic E-state index is -0.312. The molecule has 9 heteroatoms. The predicted octanol–water partition coefficient (Wildman–Crippen LogP) is 2.44. The van der Waals surface area contributed by atoms with Crippen LogP contribution in [0.5, 0.6) is 0 Å². The van der Waals surface area contributed by atoms with Crippen LogP contribution in [0.2, 0.25) is 0 Å². The average Bonchev–Trinajstić information content (AvgIpc) is 2.75. The molecule has 2 N–H and O–H groups in total. The van der Waals surface area contributed by atoms with Crippen LogP contribution in [0.1, 0.15) is 35.8 Å². The van der Waals surface area contributed by atoms with E-state index in [9.17, 15) is 9.59 Å². The minimum Gasteiger partial charge on any atom is -0.450 e. The number of nitriles is 1. The Bertz CT molecular complexity index is 884. The van der Waals surface area contributed by atoms with Gasteiger partial charge in [0.25, 0.3) is 5.91 Å². The van der Waals surface area contributed by atoms with Crippen LogP contribution < -0.4 is 10.6 Å². The third-order valence-corrected chi connectivity index (χ3v) is 4.54. The molecule has 1 fully saturated rings. The third-order valence-electron chi connectivity index (χ3n) is 4.54. The number of nitrogens with zero attached hydrogens (tertiary/aromatic N) is 4. The first-order valence-corrected chi connectivity index (χ1v) is 9.42. The number of rotatable bonds is 5. The molecule has 9 nitrogen and oxygen atoms in total. The summed E-state index contributed by atoms with van der Waals surface area (Å²) in [5.74, 6) is 0.200. The average molecular weight is 394 g/mol.